The van der Waals surface area contributed by atoms with Crippen molar-refractivity contribution in [3.63, 3.8) is 0 Å². The fraction of sp³-hybridized carbons (Fsp3) is 0.111. The average molecular weight is 838 g/mol. The van der Waals surface area contributed by atoms with Gasteiger partial charge in [-0.1, -0.05) is 177 Å². The van der Waals surface area contributed by atoms with Gasteiger partial charge < -0.3 is 9.64 Å². The Bertz CT molecular complexity index is 3170. The fourth-order valence-electron chi connectivity index (χ4n) is 9.93. The van der Waals surface area contributed by atoms with Gasteiger partial charge in [0.05, 0.1) is 0 Å². The van der Waals surface area contributed by atoms with E-state index in [1.165, 1.54) is 91.2 Å². The van der Waals surface area contributed by atoms with Gasteiger partial charge in [0.1, 0.15) is 11.9 Å². The van der Waals surface area contributed by atoms with Crippen molar-refractivity contribution in [3.05, 3.63) is 253 Å². The van der Waals surface area contributed by atoms with Gasteiger partial charge in [0.2, 0.25) is 0 Å². The van der Waals surface area contributed by atoms with Crippen LogP contribution in [0.15, 0.2) is 231 Å². The summed E-state index contributed by atoms with van der Waals surface area (Å²) in [6.45, 7) is 6.37. The van der Waals surface area contributed by atoms with Crippen LogP contribution in [0.3, 0.4) is 0 Å². The van der Waals surface area contributed by atoms with Crippen LogP contribution >= 0.6 is 0 Å². The molecule has 0 bridgehead atoms. The summed E-state index contributed by atoms with van der Waals surface area (Å²) < 4.78 is 6.26. The Hall–Kier alpha value is -7.68. The van der Waals surface area contributed by atoms with Gasteiger partial charge in [-0.25, -0.2) is 0 Å². The molecule has 0 aromatic heterocycles. The monoisotopic (exact) mass is 837 g/mol. The summed E-state index contributed by atoms with van der Waals surface area (Å²) >= 11 is 0. The van der Waals surface area contributed by atoms with Gasteiger partial charge in [0.15, 0.2) is 0 Å². The zero-order chi connectivity index (χ0) is 43.7. The van der Waals surface area contributed by atoms with Crippen molar-refractivity contribution in [2.24, 2.45) is 0 Å². The Morgan fingerprint density at radius 1 is 0.585 bits per heavy atom. The molecular weight excluding hydrogens is 787 g/mol. The minimum absolute atomic E-state index is 0.0726. The highest BCUT2D eigenvalue weighted by atomic mass is 16.5. The first-order valence-corrected chi connectivity index (χ1v) is 23.0. The number of hydrogen-bond donors (Lipinski definition) is 0. The first-order valence-electron chi connectivity index (χ1n) is 23.0. The number of benzene rings is 8. The lowest BCUT2D eigenvalue weighted by molar-refractivity contribution is 0.269. The third kappa shape index (κ3) is 7.87. The summed E-state index contributed by atoms with van der Waals surface area (Å²) in [6, 6.07) is 64.5. The van der Waals surface area contributed by atoms with Crippen LogP contribution in [0.5, 0.6) is 5.75 Å². The van der Waals surface area contributed by atoms with Crippen LogP contribution in [0.1, 0.15) is 53.4 Å². The lowest BCUT2D eigenvalue weighted by atomic mass is 9.76. The number of anilines is 2. The van der Waals surface area contributed by atoms with Crippen molar-refractivity contribution in [2.45, 2.75) is 44.1 Å². The van der Waals surface area contributed by atoms with Crippen molar-refractivity contribution in [1.82, 2.24) is 0 Å². The molecular formula is C63H51NO. The third-order valence-corrected chi connectivity index (χ3v) is 13.7. The normalized spacial score (nSPS) is 16.5. The molecule has 2 atom stereocenters. The van der Waals surface area contributed by atoms with Crippen molar-refractivity contribution in [3.8, 4) is 50.3 Å². The topological polar surface area (TPSA) is 12.5 Å². The van der Waals surface area contributed by atoms with Crippen molar-refractivity contribution >= 4 is 27.7 Å². The summed E-state index contributed by atoms with van der Waals surface area (Å²) in [6.07, 6.45) is 21.0. The zero-order valence-electron chi connectivity index (χ0n) is 36.8. The SMILES string of the molecule is C=C/C=C(\C=C/N(c1ccc(-c2ccc(-c3cccc4ccccc34)cc2)cc1)c1ccc(-c2ccc3c(c2)C2C=CC=CC2O3)cc1)c1ccc(C)c(-c2ccccc2C2CCC2)c1. The first kappa shape index (κ1) is 40.1. The van der Waals surface area contributed by atoms with Crippen LogP contribution in [-0.2, 0) is 0 Å². The van der Waals surface area contributed by atoms with Crippen molar-refractivity contribution in [2.75, 3.05) is 4.90 Å². The number of nitrogens with zero attached hydrogens (tertiary/aromatic N) is 1. The lowest BCUT2D eigenvalue weighted by Gasteiger charge is -2.28. The molecule has 2 unspecified atom stereocenters. The van der Waals surface area contributed by atoms with Gasteiger partial charge >= 0.3 is 0 Å². The molecule has 0 radical (unpaired) electrons. The molecule has 8 aromatic rings. The smallest absolute Gasteiger partial charge is 0.128 e. The Balaban J connectivity index is 0.926. The molecule has 3 aliphatic rings. The summed E-state index contributed by atoms with van der Waals surface area (Å²) in [7, 11) is 0. The van der Waals surface area contributed by atoms with Gasteiger partial charge in [-0.05, 0) is 158 Å². The highest BCUT2D eigenvalue weighted by molar-refractivity contribution is 5.97. The van der Waals surface area contributed by atoms with Crippen LogP contribution in [0.2, 0.25) is 0 Å². The zero-order valence-corrected chi connectivity index (χ0v) is 36.8. The van der Waals surface area contributed by atoms with E-state index in [1.807, 2.05) is 6.08 Å². The molecule has 1 aliphatic heterocycles. The molecule has 1 heterocycles. The number of rotatable bonds is 11. The number of allylic oxidation sites excluding steroid dienone is 6. The molecule has 8 aromatic carbocycles. The lowest BCUT2D eigenvalue weighted by Crippen LogP contribution is -2.15. The van der Waals surface area contributed by atoms with Gasteiger partial charge in [0, 0.05) is 29.1 Å². The predicted molar refractivity (Wildman–Crippen MR) is 275 cm³/mol. The molecule has 1 fully saturated rings. The number of ether oxygens (including phenoxy) is 1. The predicted octanol–water partition coefficient (Wildman–Crippen LogP) is 17.0. The van der Waals surface area contributed by atoms with E-state index in [2.05, 4.69) is 237 Å². The second-order valence-corrected chi connectivity index (χ2v) is 17.6. The standard InChI is InChI=1S/C63H51NO/c1-3-12-44(51-24-23-43(2)60(41-51)58-19-7-6-18-57(58)49-14-10-15-49)39-40-64(54-36-31-47(32-37-54)52-33-38-63-61(42-52)59-20-8-9-22-62(59)65-63)53-34-29-46(30-35-53)45-25-27-50(28-26-45)56-21-11-16-48-13-4-5-17-55(48)56/h3-9,11-13,16-42,49,59,62H,1,10,14-15H2,2H3/b40-39-,44-12+. The van der Waals surface area contributed by atoms with Crippen LogP contribution in [0, 0.1) is 6.92 Å². The second kappa shape index (κ2) is 17.5. The van der Waals surface area contributed by atoms with Crippen LogP contribution in [-0.4, -0.2) is 6.10 Å². The highest BCUT2D eigenvalue weighted by Gasteiger charge is 2.32. The highest BCUT2D eigenvalue weighted by Crippen LogP contribution is 2.44. The molecule has 314 valence electrons. The van der Waals surface area contributed by atoms with E-state index in [0.717, 1.165) is 28.3 Å². The largest absolute Gasteiger partial charge is 0.485 e. The second-order valence-electron chi connectivity index (χ2n) is 17.6. The molecule has 11 rings (SSSR count). The van der Waals surface area contributed by atoms with E-state index in [1.54, 1.807) is 0 Å². The Morgan fingerprint density at radius 3 is 1.98 bits per heavy atom. The third-order valence-electron chi connectivity index (χ3n) is 13.7. The van der Waals surface area contributed by atoms with Crippen molar-refractivity contribution in [1.29, 1.82) is 0 Å². The average Bonchev–Trinajstić information content (AvgIpc) is 3.72. The first-order chi connectivity index (χ1) is 32.1. The fourth-order valence-corrected chi connectivity index (χ4v) is 9.93. The molecule has 0 spiro atoms. The molecule has 1 saturated carbocycles. The van der Waals surface area contributed by atoms with Crippen LogP contribution in [0.4, 0.5) is 11.4 Å². The summed E-state index contributed by atoms with van der Waals surface area (Å²) in [5.41, 5.74) is 18.2. The van der Waals surface area contributed by atoms with Gasteiger partial charge in [0.25, 0.3) is 0 Å². The van der Waals surface area contributed by atoms with E-state index in [-0.39, 0.29) is 12.0 Å². The quantitative estimate of drug-likeness (QED) is 0.120. The molecule has 0 amide bonds. The molecule has 0 saturated heterocycles. The number of aryl methyl sites for hydroxylation is 1. The Kier molecular flexibility index (Phi) is 10.8. The maximum absolute atomic E-state index is 6.26. The maximum atomic E-state index is 6.26. The molecule has 2 heteroatoms. The van der Waals surface area contributed by atoms with Crippen molar-refractivity contribution < 1.29 is 4.74 Å². The van der Waals surface area contributed by atoms with E-state index < -0.39 is 0 Å². The minimum atomic E-state index is 0.0726. The Morgan fingerprint density at radius 2 is 1.23 bits per heavy atom. The summed E-state index contributed by atoms with van der Waals surface area (Å²) in [5, 5.41) is 2.52. The Labute approximate surface area is 383 Å². The van der Waals surface area contributed by atoms with Gasteiger partial charge in [-0.3, -0.25) is 0 Å². The maximum Gasteiger partial charge on any atom is 0.128 e. The van der Waals surface area contributed by atoms with E-state index in [9.17, 15) is 0 Å². The van der Waals surface area contributed by atoms with E-state index >= 15 is 0 Å². The summed E-state index contributed by atoms with van der Waals surface area (Å²) in [5.74, 6) is 1.87. The minimum Gasteiger partial charge on any atom is -0.485 e. The molecule has 65 heavy (non-hydrogen) atoms. The number of fused-ring (bicyclic) bond motifs is 4. The van der Waals surface area contributed by atoms with E-state index in [4.69, 9.17) is 4.74 Å². The number of hydrogen-bond acceptors (Lipinski definition) is 2. The van der Waals surface area contributed by atoms with Crippen LogP contribution in [0.25, 0.3) is 60.9 Å². The molecule has 2 aliphatic carbocycles. The van der Waals surface area contributed by atoms with Gasteiger partial charge in [-0.15, -0.1) is 0 Å². The van der Waals surface area contributed by atoms with Gasteiger partial charge in [-0.2, -0.15) is 0 Å². The summed E-state index contributed by atoms with van der Waals surface area (Å²) in [4.78, 5) is 2.29. The molecule has 0 N–H and O–H groups in total. The van der Waals surface area contributed by atoms with Crippen LogP contribution < -0.4 is 9.64 Å². The van der Waals surface area contributed by atoms with E-state index in [0.29, 0.717) is 5.92 Å². The molecule has 2 nitrogen and oxygen atoms in total.